The van der Waals surface area contributed by atoms with Crippen molar-refractivity contribution in [2.75, 3.05) is 19.5 Å². The number of rotatable bonds is 5. The summed E-state index contributed by atoms with van der Waals surface area (Å²) in [5.41, 5.74) is 0.592. The zero-order chi connectivity index (χ0) is 18.0. The van der Waals surface area contributed by atoms with Crippen LogP contribution in [0, 0.1) is 10.1 Å². The first-order valence-electron chi connectivity index (χ1n) is 7.11. The Hall–Kier alpha value is -3.20. The number of nitrogens with one attached hydrogen (secondary N) is 1. The van der Waals surface area contributed by atoms with Crippen LogP contribution in [0.2, 0.25) is 0 Å². The average Bonchev–Trinajstić information content (AvgIpc) is 3.04. The Bertz CT molecular complexity index is 929. The van der Waals surface area contributed by atoms with Gasteiger partial charge in [-0.2, -0.15) is 0 Å². The van der Waals surface area contributed by atoms with E-state index in [0.29, 0.717) is 22.1 Å². The smallest absolute Gasteiger partial charge is 0.270 e. The molecular formula is C16H13N3O5S. The lowest BCUT2D eigenvalue weighted by Crippen LogP contribution is -2.11. The largest absolute Gasteiger partial charge is 0.495 e. The van der Waals surface area contributed by atoms with Gasteiger partial charge in [0.1, 0.15) is 21.7 Å². The fourth-order valence-electron chi connectivity index (χ4n) is 2.27. The summed E-state index contributed by atoms with van der Waals surface area (Å²) in [6.07, 6.45) is 0. The van der Waals surface area contributed by atoms with Crippen molar-refractivity contribution in [3.63, 3.8) is 0 Å². The van der Waals surface area contributed by atoms with E-state index in [4.69, 9.17) is 9.47 Å². The van der Waals surface area contributed by atoms with Gasteiger partial charge in [-0.05, 0) is 18.2 Å². The van der Waals surface area contributed by atoms with Gasteiger partial charge in [0.2, 0.25) is 0 Å². The molecule has 0 aliphatic heterocycles. The van der Waals surface area contributed by atoms with Gasteiger partial charge in [0.25, 0.3) is 11.6 Å². The van der Waals surface area contributed by atoms with Crippen LogP contribution in [0.5, 0.6) is 11.5 Å². The minimum Gasteiger partial charge on any atom is -0.495 e. The van der Waals surface area contributed by atoms with Crippen LogP contribution in [0.1, 0.15) is 10.4 Å². The highest BCUT2D eigenvalue weighted by atomic mass is 32.1. The van der Waals surface area contributed by atoms with Gasteiger partial charge in [-0.1, -0.05) is 17.4 Å². The first-order chi connectivity index (χ1) is 12.0. The van der Waals surface area contributed by atoms with Crippen LogP contribution in [-0.2, 0) is 0 Å². The number of hydrogen-bond donors (Lipinski definition) is 1. The van der Waals surface area contributed by atoms with Gasteiger partial charge in [-0.3, -0.25) is 20.2 Å². The molecule has 1 amide bonds. The number of anilines is 1. The molecule has 128 valence electrons. The zero-order valence-corrected chi connectivity index (χ0v) is 14.1. The third-order valence-electron chi connectivity index (χ3n) is 3.45. The van der Waals surface area contributed by atoms with E-state index in [1.54, 1.807) is 19.2 Å². The number of aromatic nitrogens is 1. The quantitative estimate of drug-likeness (QED) is 0.552. The number of non-ortho nitro benzene ring substituents is 1. The summed E-state index contributed by atoms with van der Waals surface area (Å²) < 4.78 is 11.3. The molecule has 9 heteroatoms. The Labute approximate surface area is 146 Å². The number of ether oxygens (including phenoxy) is 2. The van der Waals surface area contributed by atoms with E-state index < -0.39 is 10.8 Å². The number of carbonyl (C=O) groups is 1. The predicted molar refractivity (Wildman–Crippen MR) is 93.8 cm³/mol. The minimum atomic E-state index is -0.551. The first-order valence-corrected chi connectivity index (χ1v) is 7.92. The van der Waals surface area contributed by atoms with Crippen molar-refractivity contribution in [2.24, 2.45) is 0 Å². The van der Waals surface area contributed by atoms with E-state index >= 15 is 0 Å². The van der Waals surface area contributed by atoms with Gasteiger partial charge < -0.3 is 9.47 Å². The molecule has 3 rings (SSSR count). The molecule has 0 aliphatic carbocycles. The topological polar surface area (TPSA) is 104 Å². The summed E-state index contributed by atoms with van der Waals surface area (Å²) >= 11 is 1.23. The summed E-state index contributed by atoms with van der Waals surface area (Å²) in [4.78, 5) is 27.0. The number of nitro benzene ring substituents is 1. The molecule has 1 N–H and O–H groups in total. The molecule has 0 fully saturated rings. The van der Waals surface area contributed by atoms with Crippen molar-refractivity contribution in [1.82, 2.24) is 4.98 Å². The maximum absolute atomic E-state index is 12.3. The highest BCUT2D eigenvalue weighted by molar-refractivity contribution is 7.22. The molecule has 2 aromatic carbocycles. The number of nitro groups is 1. The van der Waals surface area contributed by atoms with Crippen molar-refractivity contribution in [3.05, 3.63) is 52.1 Å². The fourth-order valence-corrected chi connectivity index (χ4v) is 3.24. The maximum Gasteiger partial charge on any atom is 0.270 e. The molecule has 8 nitrogen and oxygen atoms in total. The van der Waals surface area contributed by atoms with Crippen LogP contribution in [0.4, 0.5) is 10.8 Å². The second kappa shape index (κ2) is 6.73. The lowest BCUT2D eigenvalue weighted by atomic mass is 10.2. The SMILES string of the molecule is COc1ccc(OC)c2sc(NC(=O)c3cccc([N+](=O)[O-])c3)nc12. The second-order valence-electron chi connectivity index (χ2n) is 4.93. The minimum absolute atomic E-state index is 0.153. The highest BCUT2D eigenvalue weighted by Gasteiger charge is 2.17. The van der Waals surface area contributed by atoms with E-state index in [0.717, 1.165) is 4.70 Å². The van der Waals surface area contributed by atoms with Gasteiger partial charge in [-0.15, -0.1) is 0 Å². The van der Waals surface area contributed by atoms with Gasteiger partial charge in [0.05, 0.1) is 19.1 Å². The number of hydrogen-bond acceptors (Lipinski definition) is 7. The van der Waals surface area contributed by atoms with E-state index in [1.807, 2.05) is 0 Å². The van der Waals surface area contributed by atoms with E-state index in [1.165, 1.54) is 42.7 Å². The van der Waals surface area contributed by atoms with Gasteiger partial charge in [0.15, 0.2) is 5.13 Å². The van der Waals surface area contributed by atoms with E-state index in [-0.39, 0.29) is 11.3 Å². The number of benzene rings is 2. The van der Waals surface area contributed by atoms with Crippen LogP contribution >= 0.6 is 11.3 Å². The molecule has 3 aromatic rings. The molecule has 0 saturated carbocycles. The predicted octanol–water partition coefficient (Wildman–Crippen LogP) is 3.47. The van der Waals surface area contributed by atoms with Crippen molar-refractivity contribution >= 4 is 38.3 Å². The summed E-state index contributed by atoms with van der Waals surface area (Å²) in [6, 6.07) is 8.97. The van der Waals surface area contributed by atoms with Crippen LogP contribution in [0.15, 0.2) is 36.4 Å². The molecule has 25 heavy (non-hydrogen) atoms. The first kappa shape index (κ1) is 16.7. The molecular weight excluding hydrogens is 346 g/mol. The third-order valence-corrected chi connectivity index (χ3v) is 4.44. The molecule has 0 bridgehead atoms. The van der Waals surface area contributed by atoms with Crippen LogP contribution in [0.3, 0.4) is 0 Å². The van der Waals surface area contributed by atoms with E-state index in [2.05, 4.69) is 10.3 Å². The van der Waals surface area contributed by atoms with E-state index in [9.17, 15) is 14.9 Å². The average molecular weight is 359 g/mol. The van der Waals surface area contributed by atoms with Crippen molar-refractivity contribution < 1.29 is 19.2 Å². The second-order valence-corrected chi connectivity index (χ2v) is 5.93. The van der Waals surface area contributed by atoms with Crippen molar-refractivity contribution in [1.29, 1.82) is 0 Å². The molecule has 0 saturated heterocycles. The Morgan fingerprint density at radius 3 is 2.60 bits per heavy atom. The van der Waals surface area contributed by atoms with Gasteiger partial charge in [0, 0.05) is 17.7 Å². The lowest BCUT2D eigenvalue weighted by Gasteiger charge is -2.03. The highest BCUT2D eigenvalue weighted by Crippen LogP contribution is 2.38. The van der Waals surface area contributed by atoms with Gasteiger partial charge in [-0.25, -0.2) is 4.98 Å². The van der Waals surface area contributed by atoms with Crippen molar-refractivity contribution in [2.45, 2.75) is 0 Å². The number of carbonyl (C=O) groups excluding carboxylic acids is 1. The molecule has 0 spiro atoms. The summed E-state index contributed by atoms with van der Waals surface area (Å²) in [6.45, 7) is 0. The van der Waals surface area contributed by atoms with Gasteiger partial charge >= 0.3 is 0 Å². The normalized spacial score (nSPS) is 10.5. The Morgan fingerprint density at radius 2 is 1.92 bits per heavy atom. The summed E-state index contributed by atoms with van der Waals surface area (Å²) in [5, 5.41) is 13.8. The number of methoxy groups -OCH3 is 2. The number of fused-ring (bicyclic) bond motifs is 1. The number of thiazole rings is 1. The molecule has 0 unspecified atom stereocenters. The van der Waals surface area contributed by atoms with Crippen LogP contribution < -0.4 is 14.8 Å². The van der Waals surface area contributed by atoms with Crippen molar-refractivity contribution in [3.8, 4) is 11.5 Å². The van der Waals surface area contributed by atoms with Crippen LogP contribution in [-0.4, -0.2) is 30.0 Å². The molecule has 0 atom stereocenters. The monoisotopic (exact) mass is 359 g/mol. The number of nitrogens with zero attached hydrogens (tertiary/aromatic N) is 2. The Kier molecular flexibility index (Phi) is 4.48. The maximum atomic E-state index is 12.3. The van der Waals surface area contributed by atoms with Crippen LogP contribution in [0.25, 0.3) is 10.2 Å². The standard InChI is InChI=1S/C16H13N3O5S/c1-23-11-6-7-12(24-2)14-13(11)17-16(25-14)18-15(20)9-4-3-5-10(8-9)19(21)22/h3-8H,1-2H3,(H,17,18,20). The Balaban J connectivity index is 1.94. The molecule has 0 radical (unpaired) electrons. The summed E-state index contributed by atoms with van der Waals surface area (Å²) in [7, 11) is 3.07. The summed E-state index contributed by atoms with van der Waals surface area (Å²) in [5.74, 6) is 0.688. The fraction of sp³-hybridized carbons (Fsp3) is 0.125. The molecule has 1 aromatic heterocycles. The third kappa shape index (κ3) is 3.22. The lowest BCUT2D eigenvalue weighted by molar-refractivity contribution is -0.384. The Morgan fingerprint density at radius 1 is 1.20 bits per heavy atom. The molecule has 1 heterocycles. The molecule has 0 aliphatic rings. The zero-order valence-electron chi connectivity index (χ0n) is 13.3. The number of amides is 1.